The van der Waals surface area contributed by atoms with Gasteiger partial charge in [0.1, 0.15) is 0 Å². The molecular weight excluding hydrogens is 256 g/mol. The van der Waals surface area contributed by atoms with Crippen LogP contribution in [0.5, 0.6) is 0 Å². The van der Waals surface area contributed by atoms with Crippen LogP contribution in [0.1, 0.15) is 32.8 Å². The van der Waals surface area contributed by atoms with Gasteiger partial charge in [-0.1, -0.05) is 51.1 Å². The van der Waals surface area contributed by atoms with Gasteiger partial charge in [0.05, 0.1) is 11.8 Å². The highest BCUT2D eigenvalue weighted by molar-refractivity contribution is 5.80. The maximum atomic E-state index is 11.4. The molecule has 4 nitrogen and oxygen atoms in total. The molecule has 0 amide bonds. The van der Waals surface area contributed by atoms with Gasteiger partial charge in [-0.2, -0.15) is 0 Å². The van der Waals surface area contributed by atoms with Crippen molar-refractivity contribution in [2.24, 2.45) is 17.3 Å². The van der Waals surface area contributed by atoms with Gasteiger partial charge in [0, 0.05) is 0 Å². The van der Waals surface area contributed by atoms with Crippen molar-refractivity contribution in [1.29, 1.82) is 0 Å². The van der Waals surface area contributed by atoms with Gasteiger partial charge in [0.25, 0.3) is 0 Å². The molecule has 0 aliphatic rings. The molecule has 0 aliphatic carbocycles. The summed E-state index contributed by atoms with van der Waals surface area (Å²) >= 11 is 0. The molecule has 110 valence electrons. The monoisotopic (exact) mass is 278 g/mol. The van der Waals surface area contributed by atoms with E-state index in [2.05, 4.69) is 0 Å². The van der Waals surface area contributed by atoms with Crippen LogP contribution in [0.2, 0.25) is 0 Å². The molecule has 0 saturated carbocycles. The van der Waals surface area contributed by atoms with E-state index in [1.165, 1.54) is 0 Å². The van der Waals surface area contributed by atoms with Crippen LogP contribution in [0.4, 0.5) is 0 Å². The van der Waals surface area contributed by atoms with Gasteiger partial charge in [-0.25, -0.2) is 0 Å². The molecule has 2 atom stereocenters. The predicted molar refractivity (Wildman–Crippen MR) is 76.5 cm³/mol. The molecular formula is C16H22O4. The molecule has 1 rings (SSSR count). The summed E-state index contributed by atoms with van der Waals surface area (Å²) in [5.41, 5.74) is 0.433. The second-order valence-corrected chi connectivity index (χ2v) is 6.15. The van der Waals surface area contributed by atoms with E-state index in [0.717, 1.165) is 5.56 Å². The van der Waals surface area contributed by atoms with Crippen LogP contribution < -0.4 is 0 Å². The van der Waals surface area contributed by atoms with Crippen LogP contribution in [0.3, 0.4) is 0 Å². The molecule has 1 aromatic carbocycles. The zero-order chi connectivity index (χ0) is 15.3. The Hall–Kier alpha value is -1.84. The van der Waals surface area contributed by atoms with Crippen LogP contribution in [0.15, 0.2) is 30.3 Å². The molecule has 0 radical (unpaired) electrons. The minimum atomic E-state index is -1.04. The average Bonchev–Trinajstić information content (AvgIpc) is 2.33. The molecule has 0 spiro atoms. The third kappa shape index (κ3) is 4.37. The Labute approximate surface area is 119 Å². The zero-order valence-electron chi connectivity index (χ0n) is 12.2. The van der Waals surface area contributed by atoms with E-state index in [9.17, 15) is 19.8 Å². The van der Waals surface area contributed by atoms with E-state index >= 15 is 0 Å². The van der Waals surface area contributed by atoms with Crippen LogP contribution >= 0.6 is 0 Å². The van der Waals surface area contributed by atoms with Gasteiger partial charge >= 0.3 is 11.9 Å². The number of hydrogen-bond donors (Lipinski definition) is 2. The molecule has 0 aromatic heterocycles. The Balaban J connectivity index is 2.88. The molecule has 2 N–H and O–H groups in total. The van der Waals surface area contributed by atoms with Crippen molar-refractivity contribution in [3.8, 4) is 0 Å². The molecule has 2 unspecified atom stereocenters. The summed E-state index contributed by atoms with van der Waals surface area (Å²) in [6, 6.07) is 9.53. The number of rotatable bonds is 6. The zero-order valence-corrected chi connectivity index (χ0v) is 12.2. The van der Waals surface area contributed by atoms with Crippen molar-refractivity contribution in [1.82, 2.24) is 0 Å². The first-order chi connectivity index (χ1) is 9.23. The summed E-state index contributed by atoms with van der Waals surface area (Å²) in [7, 11) is 0. The fraction of sp³-hybridized carbons (Fsp3) is 0.500. The lowest BCUT2D eigenvalue weighted by molar-refractivity contribution is -0.158. The minimum absolute atomic E-state index is 0.327. The van der Waals surface area contributed by atoms with E-state index in [4.69, 9.17) is 0 Å². The summed E-state index contributed by atoms with van der Waals surface area (Å²) in [4.78, 5) is 22.9. The molecule has 4 heteroatoms. The Morgan fingerprint density at radius 3 is 2.00 bits per heavy atom. The lowest BCUT2D eigenvalue weighted by atomic mass is 9.71. The van der Waals surface area contributed by atoms with Crippen molar-refractivity contribution < 1.29 is 19.8 Å². The van der Waals surface area contributed by atoms with Crippen LogP contribution in [0.25, 0.3) is 0 Å². The number of carboxylic acids is 2. The van der Waals surface area contributed by atoms with Gasteiger partial charge in [0.2, 0.25) is 0 Å². The first kappa shape index (κ1) is 16.2. The second kappa shape index (κ2) is 6.55. The molecule has 0 aliphatic heterocycles. The molecule has 0 fully saturated rings. The van der Waals surface area contributed by atoms with Crippen molar-refractivity contribution in [2.75, 3.05) is 0 Å². The number of aryl methyl sites for hydroxylation is 1. The van der Waals surface area contributed by atoms with Crippen LogP contribution in [-0.4, -0.2) is 22.2 Å². The smallest absolute Gasteiger partial charge is 0.307 e. The van der Waals surface area contributed by atoms with Gasteiger partial charge in [-0.05, 0) is 23.8 Å². The highest BCUT2D eigenvalue weighted by Gasteiger charge is 2.41. The maximum absolute atomic E-state index is 11.4. The molecule has 0 heterocycles. The number of hydrogen-bond acceptors (Lipinski definition) is 2. The fourth-order valence-electron chi connectivity index (χ4n) is 2.55. The second-order valence-electron chi connectivity index (χ2n) is 6.15. The molecule has 0 bridgehead atoms. The number of carboxylic acid groups (broad SMARTS) is 2. The van der Waals surface area contributed by atoms with Gasteiger partial charge in [0.15, 0.2) is 0 Å². The SMILES string of the molecule is CC(C)(C)C(C(=O)O)C(CCc1ccccc1)C(=O)O. The van der Waals surface area contributed by atoms with E-state index < -0.39 is 29.2 Å². The van der Waals surface area contributed by atoms with E-state index in [1.54, 1.807) is 20.8 Å². The first-order valence-corrected chi connectivity index (χ1v) is 6.73. The standard InChI is InChI=1S/C16H22O4/c1-16(2,3)13(15(19)20)12(14(17)18)10-9-11-7-5-4-6-8-11/h4-8,12-13H,9-10H2,1-3H3,(H,17,18)(H,19,20). The van der Waals surface area contributed by atoms with Gasteiger partial charge < -0.3 is 10.2 Å². The summed E-state index contributed by atoms with van der Waals surface area (Å²) in [6.07, 6.45) is 0.894. The maximum Gasteiger partial charge on any atom is 0.307 e. The summed E-state index contributed by atoms with van der Waals surface area (Å²) in [6.45, 7) is 5.30. The molecule has 1 aromatic rings. The fourth-order valence-corrected chi connectivity index (χ4v) is 2.55. The lowest BCUT2D eigenvalue weighted by Gasteiger charge is -2.31. The number of carbonyl (C=O) groups is 2. The van der Waals surface area contributed by atoms with Crippen molar-refractivity contribution in [3.63, 3.8) is 0 Å². The van der Waals surface area contributed by atoms with Crippen molar-refractivity contribution in [2.45, 2.75) is 33.6 Å². The first-order valence-electron chi connectivity index (χ1n) is 6.73. The topological polar surface area (TPSA) is 74.6 Å². The molecule has 20 heavy (non-hydrogen) atoms. The third-order valence-electron chi connectivity index (χ3n) is 3.51. The average molecular weight is 278 g/mol. The summed E-state index contributed by atoms with van der Waals surface area (Å²) in [5.74, 6) is -3.86. The Morgan fingerprint density at radius 2 is 1.60 bits per heavy atom. The summed E-state index contributed by atoms with van der Waals surface area (Å²) in [5, 5.41) is 18.7. The Kier molecular flexibility index (Phi) is 5.31. The van der Waals surface area contributed by atoms with Gasteiger partial charge in [-0.3, -0.25) is 9.59 Å². The quantitative estimate of drug-likeness (QED) is 0.838. The minimum Gasteiger partial charge on any atom is -0.481 e. The normalized spacial score (nSPS) is 14.6. The number of benzene rings is 1. The highest BCUT2D eigenvalue weighted by Crippen LogP contribution is 2.35. The van der Waals surface area contributed by atoms with Crippen LogP contribution in [-0.2, 0) is 16.0 Å². The Bertz CT molecular complexity index is 459. The van der Waals surface area contributed by atoms with Crippen LogP contribution in [0, 0.1) is 17.3 Å². The molecule has 0 saturated heterocycles. The van der Waals surface area contributed by atoms with Crippen molar-refractivity contribution in [3.05, 3.63) is 35.9 Å². The summed E-state index contributed by atoms with van der Waals surface area (Å²) < 4.78 is 0. The van der Waals surface area contributed by atoms with E-state index in [-0.39, 0.29) is 0 Å². The number of aliphatic carboxylic acids is 2. The lowest BCUT2D eigenvalue weighted by Crippen LogP contribution is -2.39. The van der Waals surface area contributed by atoms with E-state index in [0.29, 0.717) is 12.8 Å². The Morgan fingerprint density at radius 1 is 1.05 bits per heavy atom. The third-order valence-corrected chi connectivity index (χ3v) is 3.51. The predicted octanol–water partition coefficient (Wildman–Crippen LogP) is 3.07. The highest BCUT2D eigenvalue weighted by atomic mass is 16.4. The largest absolute Gasteiger partial charge is 0.481 e. The van der Waals surface area contributed by atoms with E-state index in [1.807, 2.05) is 30.3 Å². The van der Waals surface area contributed by atoms with Crippen molar-refractivity contribution >= 4 is 11.9 Å². The van der Waals surface area contributed by atoms with Gasteiger partial charge in [-0.15, -0.1) is 0 Å².